The van der Waals surface area contributed by atoms with Crippen LogP contribution in [0, 0.1) is 11.8 Å². The van der Waals surface area contributed by atoms with Gasteiger partial charge in [0.1, 0.15) is 5.75 Å². The highest BCUT2D eigenvalue weighted by Gasteiger charge is 2.22. The average molecular weight is 532 g/mol. The van der Waals surface area contributed by atoms with E-state index in [0.717, 1.165) is 6.54 Å². The van der Waals surface area contributed by atoms with Crippen LogP contribution in [0.5, 0.6) is 11.5 Å². The molecule has 178 valence electrons. The Hall–Kier alpha value is -1.93. The normalized spacial score (nSPS) is 13.5. The first-order chi connectivity index (χ1) is 15.7. The minimum atomic E-state index is -3.83. The van der Waals surface area contributed by atoms with Crippen molar-refractivity contribution in [2.45, 2.75) is 30.2 Å². The molecule has 2 atom stereocenters. The van der Waals surface area contributed by atoms with Crippen molar-refractivity contribution < 1.29 is 17.9 Å². The van der Waals surface area contributed by atoms with Crippen molar-refractivity contribution in [2.24, 2.45) is 11.8 Å². The molecule has 2 aromatic carbocycles. The second-order valence-electron chi connectivity index (χ2n) is 7.94. The maximum absolute atomic E-state index is 13.1. The molecule has 0 saturated heterocycles. The van der Waals surface area contributed by atoms with Crippen molar-refractivity contribution in [1.29, 1.82) is 0 Å². The summed E-state index contributed by atoms with van der Waals surface area (Å²) in [6.45, 7) is 5.56. The number of sulfone groups is 1. The zero-order chi connectivity index (χ0) is 24.0. The van der Waals surface area contributed by atoms with E-state index >= 15 is 0 Å². The molecule has 0 amide bonds. The molecule has 6 nitrogen and oxygen atoms in total. The number of alkyl halides is 1. The molecule has 1 aromatic heterocycles. The van der Waals surface area contributed by atoms with Crippen LogP contribution in [0.15, 0.2) is 64.9 Å². The third-order valence-electron chi connectivity index (χ3n) is 4.81. The van der Waals surface area contributed by atoms with Gasteiger partial charge >= 0.3 is 0 Å². The molecule has 0 bridgehead atoms. The van der Waals surface area contributed by atoms with E-state index in [0.29, 0.717) is 24.8 Å². The fraction of sp³-hybridized carbons (Fsp3) is 0.348. The van der Waals surface area contributed by atoms with Crippen LogP contribution >= 0.6 is 34.8 Å². The lowest BCUT2D eigenvalue weighted by Crippen LogP contribution is -2.14. The molecule has 3 rings (SSSR count). The second kappa shape index (κ2) is 11.5. The van der Waals surface area contributed by atoms with E-state index in [1.807, 2.05) is 17.7 Å². The zero-order valence-electron chi connectivity index (χ0n) is 18.2. The average Bonchev–Trinajstić information content (AvgIpc) is 3.30. The molecule has 0 aliphatic rings. The molecule has 10 heteroatoms. The summed E-state index contributed by atoms with van der Waals surface area (Å²) < 4.78 is 39.6. The monoisotopic (exact) mass is 530 g/mol. The molecule has 0 saturated carbocycles. The van der Waals surface area contributed by atoms with Gasteiger partial charge in [-0.05, 0) is 36.4 Å². The van der Waals surface area contributed by atoms with E-state index in [4.69, 9.17) is 44.3 Å². The van der Waals surface area contributed by atoms with Gasteiger partial charge in [0.05, 0.1) is 39.4 Å². The lowest BCUT2D eigenvalue weighted by molar-refractivity contribution is 0.244. The third kappa shape index (κ3) is 6.79. The van der Waals surface area contributed by atoms with E-state index in [1.165, 1.54) is 24.3 Å². The topological polar surface area (TPSA) is 70.4 Å². The summed E-state index contributed by atoms with van der Waals surface area (Å²) in [7, 11) is -3.83. The molecule has 33 heavy (non-hydrogen) atoms. The van der Waals surface area contributed by atoms with Gasteiger partial charge in [-0.15, -0.1) is 11.6 Å². The summed E-state index contributed by atoms with van der Waals surface area (Å²) in [5.74, 6) is 1.59. The lowest BCUT2D eigenvalue weighted by Gasteiger charge is -2.15. The summed E-state index contributed by atoms with van der Waals surface area (Å²) >= 11 is 18.3. The van der Waals surface area contributed by atoms with Gasteiger partial charge in [-0.1, -0.05) is 37.0 Å². The molecular formula is C23H25Cl3N2O4S. The predicted octanol–water partition coefficient (Wildman–Crippen LogP) is 5.99. The molecule has 3 aromatic rings. The summed E-state index contributed by atoms with van der Waals surface area (Å²) in [5, 5.41) is 0.240. The Balaban J connectivity index is 1.68. The first-order valence-electron chi connectivity index (χ1n) is 10.3. The predicted molar refractivity (Wildman–Crippen MR) is 131 cm³/mol. The van der Waals surface area contributed by atoms with Crippen molar-refractivity contribution in [2.75, 3.05) is 19.1 Å². The molecular weight excluding hydrogens is 507 g/mol. The number of rotatable bonds is 11. The number of hydrogen-bond acceptors (Lipinski definition) is 5. The zero-order valence-corrected chi connectivity index (χ0v) is 21.3. The second-order valence-corrected chi connectivity index (χ2v) is 11.0. The fourth-order valence-corrected chi connectivity index (χ4v) is 5.12. The van der Waals surface area contributed by atoms with E-state index in [-0.39, 0.29) is 37.4 Å². The number of imidazole rings is 1. The number of benzene rings is 2. The first-order valence-corrected chi connectivity index (χ1v) is 13.1. The molecule has 0 N–H and O–H groups in total. The van der Waals surface area contributed by atoms with Gasteiger partial charge < -0.3 is 14.0 Å². The minimum absolute atomic E-state index is 0.0159. The Labute approximate surface area is 209 Å². The van der Waals surface area contributed by atoms with Crippen molar-refractivity contribution >= 4 is 44.6 Å². The Kier molecular flexibility index (Phi) is 8.93. The van der Waals surface area contributed by atoms with Crippen molar-refractivity contribution in [3.05, 3.63) is 65.2 Å². The molecule has 0 unspecified atom stereocenters. The largest absolute Gasteiger partial charge is 0.493 e. The first kappa shape index (κ1) is 25.7. The van der Waals surface area contributed by atoms with Crippen LogP contribution in [-0.4, -0.2) is 37.1 Å². The van der Waals surface area contributed by atoms with Gasteiger partial charge in [0, 0.05) is 36.7 Å². The van der Waals surface area contributed by atoms with Gasteiger partial charge in [0.2, 0.25) is 9.84 Å². The quantitative estimate of drug-likeness (QED) is 0.284. The minimum Gasteiger partial charge on any atom is -0.493 e. The Morgan fingerprint density at radius 3 is 2.18 bits per heavy atom. The highest BCUT2D eigenvalue weighted by molar-refractivity contribution is 7.91. The molecule has 1 heterocycles. The van der Waals surface area contributed by atoms with Crippen LogP contribution in [-0.2, 0) is 16.4 Å². The Morgan fingerprint density at radius 1 is 0.970 bits per heavy atom. The lowest BCUT2D eigenvalue weighted by atomic mass is 10.2. The van der Waals surface area contributed by atoms with Crippen LogP contribution < -0.4 is 9.47 Å². The SMILES string of the molecule is C[C@@H](CCl)COc1c(Cl)cc(S(=O)(=O)c2ccc(OC[C@H](C)Cn3ccnc3)cc2)cc1Cl. The number of hydrogen-bond donors (Lipinski definition) is 0. The van der Waals surface area contributed by atoms with E-state index in [9.17, 15) is 8.42 Å². The van der Waals surface area contributed by atoms with E-state index in [2.05, 4.69) is 11.9 Å². The third-order valence-corrected chi connectivity index (χ3v) is 7.65. The van der Waals surface area contributed by atoms with Crippen LogP contribution in [0.4, 0.5) is 0 Å². The fourth-order valence-electron chi connectivity index (χ4n) is 3.00. The Morgan fingerprint density at radius 2 is 1.61 bits per heavy atom. The molecule has 0 radical (unpaired) electrons. The van der Waals surface area contributed by atoms with Gasteiger partial charge in [-0.3, -0.25) is 0 Å². The summed E-state index contributed by atoms with van der Waals surface area (Å²) in [5.41, 5.74) is 0. The number of halogens is 3. The number of aromatic nitrogens is 2. The van der Waals surface area contributed by atoms with Gasteiger partial charge in [-0.2, -0.15) is 0 Å². The smallest absolute Gasteiger partial charge is 0.206 e. The summed E-state index contributed by atoms with van der Waals surface area (Å²) in [6.07, 6.45) is 5.39. The van der Waals surface area contributed by atoms with Gasteiger partial charge in [-0.25, -0.2) is 13.4 Å². The molecule has 0 aliphatic heterocycles. The molecule has 0 fully saturated rings. The maximum Gasteiger partial charge on any atom is 0.206 e. The number of nitrogens with zero attached hydrogens (tertiary/aromatic N) is 2. The maximum atomic E-state index is 13.1. The highest BCUT2D eigenvalue weighted by atomic mass is 35.5. The highest BCUT2D eigenvalue weighted by Crippen LogP contribution is 2.37. The van der Waals surface area contributed by atoms with Crippen molar-refractivity contribution in [1.82, 2.24) is 9.55 Å². The van der Waals surface area contributed by atoms with Gasteiger partial charge in [0.25, 0.3) is 0 Å². The van der Waals surface area contributed by atoms with Crippen molar-refractivity contribution in [3.63, 3.8) is 0 Å². The summed E-state index contributed by atoms with van der Waals surface area (Å²) in [4.78, 5) is 4.12. The van der Waals surface area contributed by atoms with Crippen LogP contribution in [0.25, 0.3) is 0 Å². The molecule has 0 aliphatic carbocycles. The van der Waals surface area contributed by atoms with Crippen LogP contribution in [0.2, 0.25) is 10.0 Å². The van der Waals surface area contributed by atoms with Crippen LogP contribution in [0.1, 0.15) is 13.8 Å². The number of ether oxygens (including phenoxy) is 2. The van der Waals surface area contributed by atoms with E-state index < -0.39 is 9.84 Å². The standard InChI is InChI=1S/C23H25Cl3N2O4S/c1-16(11-24)13-32-23-21(25)9-20(10-22(23)26)33(29,30)19-5-3-18(4-6-19)31-14-17(2)12-28-8-7-27-15-28/h3-10,15-17H,11-14H2,1-2H3/t16-,17+/m0/s1. The Bertz CT molecular complexity index is 1130. The van der Waals surface area contributed by atoms with E-state index in [1.54, 1.807) is 24.7 Å². The van der Waals surface area contributed by atoms with Gasteiger partial charge in [0.15, 0.2) is 5.75 Å². The summed E-state index contributed by atoms with van der Waals surface area (Å²) in [6, 6.07) is 8.94. The van der Waals surface area contributed by atoms with Crippen molar-refractivity contribution in [3.8, 4) is 11.5 Å². The van der Waals surface area contributed by atoms with Crippen LogP contribution in [0.3, 0.4) is 0 Å². The molecule has 0 spiro atoms.